The van der Waals surface area contributed by atoms with E-state index >= 15 is 0 Å². The molecule has 1 saturated heterocycles. The van der Waals surface area contributed by atoms with Gasteiger partial charge in [0.1, 0.15) is 6.04 Å². The molecule has 1 fully saturated rings. The van der Waals surface area contributed by atoms with Crippen LogP contribution in [0.4, 0.5) is 0 Å². The Balaban J connectivity index is 1.61. The van der Waals surface area contributed by atoms with E-state index in [-0.39, 0.29) is 22.8 Å². The van der Waals surface area contributed by atoms with Crippen LogP contribution in [0.2, 0.25) is 10.0 Å². The van der Waals surface area contributed by atoms with Gasteiger partial charge in [-0.2, -0.15) is 0 Å². The topological polar surface area (TPSA) is 65.5 Å². The first-order valence-electron chi connectivity index (χ1n) is 10.5. The second-order valence-corrected chi connectivity index (χ2v) is 9.09. The first-order valence-corrected chi connectivity index (χ1v) is 11.2. The molecule has 1 aromatic heterocycles. The van der Waals surface area contributed by atoms with Crippen LogP contribution in [0.1, 0.15) is 36.2 Å². The van der Waals surface area contributed by atoms with Gasteiger partial charge in [0, 0.05) is 50.1 Å². The van der Waals surface area contributed by atoms with Crippen LogP contribution in [0, 0.1) is 5.92 Å². The average molecular weight is 463 g/mol. The molecule has 0 bridgehead atoms. The summed E-state index contributed by atoms with van der Waals surface area (Å²) in [5.74, 6) is -0.161. The maximum atomic E-state index is 13.2. The van der Waals surface area contributed by atoms with Crippen molar-refractivity contribution in [1.29, 1.82) is 0 Å². The number of carbonyl (C=O) groups is 2. The highest BCUT2D eigenvalue weighted by Gasteiger charge is 2.30. The van der Waals surface area contributed by atoms with Crippen LogP contribution in [0.15, 0.2) is 42.7 Å². The number of piperazine rings is 1. The molecule has 0 aliphatic carbocycles. The van der Waals surface area contributed by atoms with Crippen molar-refractivity contribution in [3.05, 3.63) is 63.9 Å². The fourth-order valence-electron chi connectivity index (χ4n) is 3.70. The van der Waals surface area contributed by atoms with E-state index in [9.17, 15) is 9.59 Å². The first kappa shape index (κ1) is 23.5. The molecular weight excluding hydrogens is 435 g/mol. The van der Waals surface area contributed by atoms with Gasteiger partial charge in [-0.15, -0.1) is 0 Å². The Hall–Kier alpha value is -2.15. The normalized spacial score (nSPS) is 15.7. The van der Waals surface area contributed by atoms with E-state index in [4.69, 9.17) is 23.2 Å². The molecule has 1 atom stereocenters. The number of hydrogen-bond donors (Lipinski definition) is 1. The van der Waals surface area contributed by atoms with Gasteiger partial charge in [0.15, 0.2) is 0 Å². The number of rotatable bonds is 7. The summed E-state index contributed by atoms with van der Waals surface area (Å²) in [7, 11) is 0. The van der Waals surface area contributed by atoms with Gasteiger partial charge in [0.05, 0.1) is 10.6 Å². The van der Waals surface area contributed by atoms with Gasteiger partial charge >= 0.3 is 0 Å². The van der Waals surface area contributed by atoms with Crippen molar-refractivity contribution in [2.45, 2.75) is 32.9 Å². The van der Waals surface area contributed by atoms with E-state index in [2.05, 4.69) is 21.3 Å². The zero-order valence-corrected chi connectivity index (χ0v) is 19.4. The molecule has 1 aromatic carbocycles. The molecule has 0 radical (unpaired) electrons. The maximum absolute atomic E-state index is 13.2. The van der Waals surface area contributed by atoms with Crippen molar-refractivity contribution in [2.75, 3.05) is 26.2 Å². The molecule has 0 saturated carbocycles. The van der Waals surface area contributed by atoms with Crippen LogP contribution in [0.5, 0.6) is 0 Å². The zero-order chi connectivity index (χ0) is 22.4. The van der Waals surface area contributed by atoms with Crippen molar-refractivity contribution >= 4 is 35.0 Å². The van der Waals surface area contributed by atoms with Gasteiger partial charge in [0.2, 0.25) is 5.91 Å². The van der Waals surface area contributed by atoms with Crippen LogP contribution in [-0.4, -0.2) is 58.8 Å². The molecule has 1 unspecified atom stereocenters. The Morgan fingerprint density at radius 3 is 2.48 bits per heavy atom. The number of pyridine rings is 1. The first-order chi connectivity index (χ1) is 14.8. The Labute approximate surface area is 193 Å². The quantitative estimate of drug-likeness (QED) is 0.677. The second kappa shape index (κ2) is 10.9. The van der Waals surface area contributed by atoms with Crippen LogP contribution in [0.25, 0.3) is 0 Å². The summed E-state index contributed by atoms with van der Waals surface area (Å²) in [6, 6.07) is 8.11. The molecule has 166 valence electrons. The van der Waals surface area contributed by atoms with Crippen LogP contribution in [0.3, 0.4) is 0 Å². The van der Waals surface area contributed by atoms with E-state index in [0.29, 0.717) is 30.1 Å². The lowest BCUT2D eigenvalue weighted by Gasteiger charge is -2.36. The number of aromatic nitrogens is 1. The highest BCUT2D eigenvalue weighted by Crippen LogP contribution is 2.21. The lowest BCUT2D eigenvalue weighted by Crippen LogP contribution is -2.55. The van der Waals surface area contributed by atoms with Crippen LogP contribution >= 0.6 is 23.2 Å². The van der Waals surface area contributed by atoms with Gasteiger partial charge in [-0.3, -0.25) is 19.5 Å². The minimum Gasteiger partial charge on any atom is -0.340 e. The minimum atomic E-state index is -0.593. The third kappa shape index (κ3) is 6.66. The molecule has 1 aliphatic heterocycles. The van der Waals surface area contributed by atoms with Gasteiger partial charge in [-0.25, -0.2) is 0 Å². The van der Waals surface area contributed by atoms with Crippen LogP contribution in [-0.2, 0) is 11.3 Å². The largest absolute Gasteiger partial charge is 0.340 e. The lowest BCUT2D eigenvalue weighted by atomic mass is 10.0. The number of amides is 2. The molecule has 2 amide bonds. The molecule has 1 aliphatic rings. The standard InChI is InChI=1S/C23H28Cl2N4O2/c1-16(2)12-21(27-22(30)19-6-5-18(24)13-20(19)25)23(31)29-10-8-28(9-11-29)15-17-4-3-7-26-14-17/h3-7,13-14,16,21H,8-12,15H2,1-2H3,(H,27,30). The molecule has 0 spiro atoms. The number of halogens is 2. The maximum Gasteiger partial charge on any atom is 0.253 e. The highest BCUT2D eigenvalue weighted by molar-refractivity contribution is 6.36. The predicted octanol–water partition coefficient (Wildman–Crippen LogP) is 3.88. The van der Waals surface area contributed by atoms with Crippen molar-refractivity contribution < 1.29 is 9.59 Å². The second-order valence-electron chi connectivity index (χ2n) is 8.24. The van der Waals surface area contributed by atoms with Crippen LogP contribution < -0.4 is 5.32 Å². The van der Waals surface area contributed by atoms with Gasteiger partial charge < -0.3 is 10.2 Å². The Bertz CT molecular complexity index is 900. The Kier molecular flexibility index (Phi) is 8.29. The third-order valence-corrected chi connectivity index (χ3v) is 5.85. The summed E-state index contributed by atoms with van der Waals surface area (Å²) in [6.07, 6.45) is 4.19. The number of hydrogen-bond acceptors (Lipinski definition) is 4. The zero-order valence-electron chi connectivity index (χ0n) is 17.9. The Morgan fingerprint density at radius 2 is 1.87 bits per heavy atom. The number of carbonyl (C=O) groups excluding carboxylic acids is 2. The Morgan fingerprint density at radius 1 is 1.13 bits per heavy atom. The smallest absolute Gasteiger partial charge is 0.253 e. The molecule has 1 N–H and O–H groups in total. The minimum absolute atomic E-state index is 0.0480. The SMILES string of the molecule is CC(C)CC(NC(=O)c1ccc(Cl)cc1Cl)C(=O)N1CCN(Cc2cccnc2)CC1. The highest BCUT2D eigenvalue weighted by atomic mass is 35.5. The van der Waals surface area contributed by atoms with Gasteiger partial charge in [-0.1, -0.05) is 43.1 Å². The molecule has 2 aromatic rings. The third-order valence-electron chi connectivity index (χ3n) is 5.30. The van der Waals surface area contributed by atoms with Gasteiger partial charge in [-0.05, 0) is 42.2 Å². The monoisotopic (exact) mass is 462 g/mol. The summed E-state index contributed by atoms with van der Waals surface area (Å²) in [6.45, 7) is 7.71. The van der Waals surface area contributed by atoms with E-state index in [1.807, 2.05) is 31.0 Å². The summed E-state index contributed by atoms with van der Waals surface area (Å²) in [4.78, 5) is 34.3. The molecule has 2 heterocycles. The van der Waals surface area contributed by atoms with E-state index in [1.54, 1.807) is 18.3 Å². The average Bonchev–Trinajstić information content (AvgIpc) is 2.73. The predicted molar refractivity (Wildman–Crippen MR) is 123 cm³/mol. The summed E-state index contributed by atoms with van der Waals surface area (Å²) in [5.41, 5.74) is 1.47. The number of nitrogens with zero attached hydrogens (tertiary/aromatic N) is 3. The molecule has 31 heavy (non-hydrogen) atoms. The lowest BCUT2D eigenvalue weighted by molar-refractivity contribution is -0.135. The molecule has 3 rings (SSSR count). The summed E-state index contributed by atoms with van der Waals surface area (Å²) < 4.78 is 0. The summed E-state index contributed by atoms with van der Waals surface area (Å²) >= 11 is 12.1. The molecule has 8 heteroatoms. The fraction of sp³-hybridized carbons (Fsp3) is 0.435. The fourth-order valence-corrected chi connectivity index (χ4v) is 4.19. The number of nitrogens with one attached hydrogen (secondary N) is 1. The van der Waals surface area contributed by atoms with Gasteiger partial charge in [0.25, 0.3) is 5.91 Å². The molecule has 6 nitrogen and oxygen atoms in total. The van der Waals surface area contributed by atoms with E-state index in [0.717, 1.165) is 25.2 Å². The number of benzene rings is 1. The van der Waals surface area contributed by atoms with Crippen molar-refractivity contribution in [2.24, 2.45) is 5.92 Å². The van der Waals surface area contributed by atoms with E-state index < -0.39 is 6.04 Å². The molecular formula is C23H28Cl2N4O2. The van der Waals surface area contributed by atoms with E-state index in [1.165, 1.54) is 6.07 Å². The van der Waals surface area contributed by atoms with Crippen molar-refractivity contribution in [3.8, 4) is 0 Å². The van der Waals surface area contributed by atoms with Crippen molar-refractivity contribution in [3.63, 3.8) is 0 Å². The van der Waals surface area contributed by atoms with Crippen molar-refractivity contribution in [1.82, 2.24) is 20.1 Å². The summed E-state index contributed by atoms with van der Waals surface area (Å²) in [5, 5.41) is 3.62.